The van der Waals surface area contributed by atoms with Gasteiger partial charge in [-0.15, -0.1) is 0 Å². The second-order valence-corrected chi connectivity index (χ2v) is 16.7. The van der Waals surface area contributed by atoms with Crippen LogP contribution in [0.25, 0.3) is 0 Å². The molecule has 6 nitrogen and oxygen atoms in total. The molecule has 0 aliphatic heterocycles. The van der Waals surface area contributed by atoms with Gasteiger partial charge in [0, 0.05) is 19.3 Å². The SMILES string of the molecule is CC/C=C\C/C=C\C/C=C\CCCCCCCC(=O)OC[C@H](COC(=O)CCC/C=C\C/C=C\C/C=C\C/C=C\CCCCC)OC(=O)CCCCCCC/C=C\C/C=C\C/C=C\CC. The van der Waals surface area contributed by atoms with Gasteiger partial charge in [0.05, 0.1) is 0 Å². The van der Waals surface area contributed by atoms with Crippen LogP contribution < -0.4 is 0 Å². The zero-order valence-electron chi connectivity index (χ0n) is 41.7. The van der Waals surface area contributed by atoms with Crippen LogP contribution in [-0.4, -0.2) is 37.2 Å². The Hall–Kier alpha value is -4.19. The van der Waals surface area contributed by atoms with E-state index in [1.54, 1.807) is 0 Å². The van der Waals surface area contributed by atoms with Crippen molar-refractivity contribution in [2.75, 3.05) is 13.2 Å². The van der Waals surface area contributed by atoms with E-state index in [1.807, 2.05) is 0 Å². The maximum atomic E-state index is 12.8. The Kier molecular flexibility index (Phi) is 49.1. The van der Waals surface area contributed by atoms with Crippen molar-refractivity contribution in [1.82, 2.24) is 0 Å². The van der Waals surface area contributed by atoms with Crippen LogP contribution in [0.5, 0.6) is 0 Å². The van der Waals surface area contributed by atoms with Crippen LogP contribution in [0.4, 0.5) is 0 Å². The quantitative estimate of drug-likeness (QED) is 0.0262. The number of rotatable bonds is 45. The van der Waals surface area contributed by atoms with Crippen LogP contribution in [-0.2, 0) is 28.6 Å². The molecule has 0 bridgehead atoms. The Labute approximate surface area is 399 Å². The van der Waals surface area contributed by atoms with Crippen molar-refractivity contribution in [3.05, 3.63) is 122 Å². The number of carbonyl (C=O) groups is 3. The van der Waals surface area contributed by atoms with Gasteiger partial charge < -0.3 is 14.2 Å². The number of carbonyl (C=O) groups excluding carboxylic acids is 3. The molecule has 0 amide bonds. The smallest absolute Gasteiger partial charge is 0.306 e. The number of allylic oxidation sites excluding steroid dienone is 20. The van der Waals surface area contributed by atoms with Crippen LogP contribution in [0.15, 0.2) is 122 Å². The Bertz CT molecular complexity index is 1400. The average molecular weight is 899 g/mol. The molecule has 0 aromatic rings. The Morgan fingerprint density at radius 1 is 0.323 bits per heavy atom. The largest absolute Gasteiger partial charge is 0.462 e. The highest BCUT2D eigenvalue weighted by Crippen LogP contribution is 2.12. The Morgan fingerprint density at radius 3 is 1.00 bits per heavy atom. The van der Waals surface area contributed by atoms with Crippen molar-refractivity contribution in [1.29, 1.82) is 0 Å². The van der Waals surface area contributed by atoms with Gasteiger partial charge in [0.2, 0.25) is 0 Å². The molecule has 0 N–H and O–H groups in total. The molecule has 0 aromatic heterocycles. The lowest BCUT2D eigenvalue weighted by molar-refractivity contribution is -0.167. The van der Waals surface area contributed by atoms with Crippen molar-refractivity contribution < 1.29 is 28.6 Å². The summed E-state index contributed by atoms with van der Waals surface area (Å²) >= 11 is 0. The van der Waals surface area contributed by atoms with Crippen molar-refractivity contribution in [2.45, 2.75) is 219 Å². The van der Waals surface area contributed by atoms with E-state index in [9.17, 15) is 14.4 Å². The normalized spacial score (nSPS) is 13.1. The third-order valence-electron chi connectivity index (χ3n) is 10.4. The summed E-state index contributed by atoms with van der Waals surface area (Å²) in [5.41, 5.74) is 0. The van der Waals surface area contributed by atoms with Gasteiger partial charge in [0.1, 0.15) is 13.2 Å². The lowest BCUT2D eigenvalue weighted by Crippen LogP contribution is -2.30. The molecule has 6 heteroatoms. The predicted molar refractivity (Wildman–Crippen MR) is 279 cm³/mol. The minimum Gasteiger partial charge on any atom is -0.462 e. The fourth-order valence-corrected chi connectivity index (χ4v) is 6.58. The molecule has 366 valence electrons. The van der Waals surface area contributed by atoms with E-state index in [4.69, 9.17) is 14.2 Å². The number of esters is 3. The van der Waals surface area contributed by atoms with E-state index in [2.05, 4.69) is 142 Å². The Balaban J connectivity index is 4.55. The van der Waals surface area contributed by atoms with Crippen LogP contribution >= 0.6 is 0 Å². The predicted octanol–water partition coefficient (Wildman–Crippen LogP) is 17.3. The van der Waals surface area contributed by atoms with Gasteiger partial charge in [-0.25, -0.2) is 0 Å². The van der Waals surface area contributed by atoms with Crippen LogP contribution in [0, 0.1) is 0 Å². The molecular weight excluding hydrogens is 805 g/mol. The minimum absolute atomic E-state index is 0.115. The van der Waals surface area contributed by atoms with Crippen LogP contribution in [0.1, 0.15) is 213 Å². The molecule has 1 atom stereocenters. The molecule has 0 aliphatic carbocycles. The van der Waals surface area contributed by atoms with Gasteiger partial charge in [0.25, 0.3) is 0 Å². The molecule has 0 heterocycles. The molecule has 0 rings (SSSR count). The highest BCUT2D eigenvalue weighted by atomic mass is 16.6. The fourth-order valence-electron chi connectivity index (χ4n) is 6.58. The van der Waals surface area contributed by atoms with Gasteiger partial charge in [-0.05, 0) is 122 Å². The van der Waals surface area contributed by atoms with Crippen molar-refractivity contribution in [3.63, 3.8) is 0 Å². The summed E-state index contributed by atoms with van der Waals surface area (Å²) in [6.45, 7) is 6.29. The summed E-state index contributed by atoms with van der Waals surface area (Å²) in [6, 6.07) is 0. The summed E-state index contributed by atoms with van der Waals surface area (Å²) in [5.74, 6) is -1.01. The van der Waals surface area contributed by atoms with Crippen LogP contribution in [0.3, 0.4) is 0 Å². The zero-order valence-corrected chi connectivity index (χ0v) is 41.7. The first kappa shape index (κ1) is 60.8. The minimum atomic E-state index is -0.820. The Morgan fingerprint density at radius 2 is 0.615 bits per heavy atom. The second-order valence-electron chi connectivity index (χ2n) is 16.7. The van der Waals surface area contributed by atoms with Gasteiger partial charge in [-0.2, -0.15) is 0 Å². The van der Waals surface area contributed by atoms with Crippen molar-refractivity contribution in [3.8, 4) is 0 Å². The fraction of sp³-hybridized carbons (Fsp3) is 0.610. The first-order valence-electron chi connectivity index (χ1n) is 26.0. The summed E-state index contributed by atoms with van der Waals surface area (Å²) in [7, 11) is 0. The first-order valence-corrected chi connectivity index (χ1v) is 26.0. The molecule has 0 radical (unpaired) electrons. The number of ether oxygens (including phenoxy) is 3. The highest BCUT2D eigenvalue weighted by molar-refractivity contribution is 5.71. The third-order valence-corrected chi connectivity index (χ3v) is 10.4. The molecule has 0 aromatic carbocycles. The molecule has 0 spiro atoms. The van der Waals surface area contributed by atoms with E-state index in [-0.39, 0.29) is 44.0 Å². The van der Waals surface area contributed by atoms with Crippen molar-refractivity contribution >= 4 is 17.9 Å². The number of hydrogen-bond donors (Lipinski definition) is 0. The molecule has 0 fully saturated rings. The van der Waals surface area contributed by atoms with Crippen LogP contribution in [0.2, 0.25) is 0 Å². The van der Waals surface area contributed by atoms with E-state index >= 15 is 0 Å². The average Bonchev–Trinajstić information content (AvgIpc) is 3.30. The molecule has 0 saturated heterocycles. The third kappa shape index (κ3) is 50.7. The standard InChI is InChI=1S/C59H94O6/c1-4-7-10-13-16-19-22-25-28-29-32-34-37-40-43-46-49-52-58(61)64-55-56(65-59(62)53-50-47-44-41-38-35-31-27-24-21-18-15-12-9-6-3)54-63-57(60)51-48-45-42-39-36-33-30-26-23-20-17-14-11-8-5-2/h8-9,11-12,16-21,25-28,30-32,34,40,43,56H,4-7,10,13-15,22-24,29,33,35-39,41-42,44-55H2,1-3H3/b11-8-,12-9-,19-16-,20-17-,21-18-,28-25-,30-26-,31-27-,34-32-,43-40-/t56-/m1/s1. The van der Waals surface area contributed by atoms with Gasteiger partial charge in [0.15, 0.2) is 6.10 Å². The summed E-state index contributed by atoms with van der Waals surface area (Å²) < 4.78 is 16.7. The molecule has 0 unspecified atom stereocenters. The van der Waals surface area contributed by atoms with E-state index < -0.39 is 6.10 Å². The number of unbranched alkanes of at least 4 members (excludes halogenated alkanes) is 14. The molecule has 0 saturated carbocycles. The van der Waals surface area contributed by atoms with Gasteiger partial charge in [-0.3, -0.25) is 14.4 Å². The van der Waals surface area contributed by atoms with Gasteiger partial charge in [-0.1, -0.05) is 194 Å². The molecule has 0 aliphatic rings. The molecular formula is C59H94O6. The monoisotopic (exact) mass is 899 g/mol. The van der Waals surface area contributed by atoms with E-state index in [0.29, 0.717) is 12.8 Å². The summed E-state index contributed by atoms with van der Waals surface area (Å²) in [4.78, 5) is 38.0. The highest BCUT2D eigenvalue weighted by Gasteiger charge is 2.19. The number of hydrogen-bond acceptors (Lipinski definition) is 6. The zero-order chi connectivity index (χ0) is 47.2. The summed E-state index contributed by atoms with van der Waals surface area (Å²) in [6.07, 6.45) is 71.8. The summed E-state index contributed by atoms with van der Waals surface area (Å²) in [5, 5.41) is 0. The van der Waals surface area contributed by atoms with E-state index in [1.165, 1.54) is 25.7 Å². The van der Waals surface area contributed by atoms with Crippen molar-refractivity contribution in [2.24, 2.45) is 0 Å². The second kappa shape index (κ2) is 52.4. The maximum Gasteiger partial charge on any atom is 0.306 e. The van der Waals surface area contributed by atoms with Gasteiger partial charge >= 0.3 is 17.9 Å². The maximum absolute atomic E-state index is 12.8. The topological polar surface area (TPSA) is 78.9 Å². The van der Waals surface area contributed by atoms with E-state index in [0.717, 1.165) is 141 Å². The first-order chi connectivity index (χ1) is 32.0. The lowest BCUT2D eigenvalue weighted by Gasteiger charge is -2.18. The lowest BCUT2D eigenvalue weighted by atomic mass is 10.1. The molecule has 65 heavy (non-hydrogen) atoms.